The molecule has 1 unspecified atom stereocenters. The number of hydrogen-bond acceptors (Lipinski definition) is 5. The SMILES string of the molecule is CCCC(Oc1cccc(C(=N)N)c1)C(=O)Nc1ccccc1-c1ccccc1S(=O)(=O)CC. The molecule has 3 aromatic rings. The molecule has 3 aromatic carbocycles. The van der Waals surface area contributed by atoms with Crippen LogP contribution >= 0.6 is 0 Å². The Morgan fingerprint density at radius 3 is 2.35 bits per heavy atom. The molecular formula is C26H29N3O4S. The molecule has 0 fully saturated rings. The summed E-state index contributed by atoms with van der Waals surface area (Å²) in [6.07, 6.45) is 0.401. The van der Waals surface area contributed by atoms with Gasteiger partial charge in [0.05, 0.1) is 10.6 Å². The highest BCUT2D eigenvalue weighted by atomic mass is 32.2. The molecule has 178 valence electrons. The maximum absolute atomic E-state index is 13.2. The molecular weight excluding hydrogens is 450 g/mol. The lowest BCUT2D eigenvalue weighted by atomic mass is 10.0. The van der Waals surface area contributed by atoms with Crippen molar-refractivity contribution in [2.24, 2.45) is 5.73 Å². The summed E-state index contributed by atoms with van der Waals surface area (Å²) in [7, 11) is -3.46. The van der Waals surface area contributed by atoms with E-state index in [9.17, 15) is 13.2 Å². The third-order valence-corrected chi connectivity index (χ3v) is 7.13. The summed E-state index contributed by atoms with van der Waals surface area (Å²) >= 11 is 0. The highest BCUT2D eigenvalue weighted by molar-refractivity contribution is 7.91. The Kier molecular flexibility index (Phi) is 8.07. The lowest BCUT2D eigenvalue weighted by molar-refractivity contribution is -0.123. The zero-order valence-corrected chi connectivity index (χ0v) is 20.1. The maximum Gasteiger partial charge on any atom is 0.265 e. The first kappa shape index (κ1) is 25.0. The fourth-order valence-electron chi connectivity index (χ4n) is 3.56. The first-order valence-corrected chi connectivity index (χ1v) is 12.7. The van der Waals surface area contributed by atoms with E-state index in [0.717, 1.165) is 0 Å². The molecule has 0 aliphatic heterocycles. The largest absolute Gasteiger partial charge is 0.481 e. The number of ether oxygens (including phenoxy) is 1. The van der Waals surface area contributed by atoms with Gasteiger partial charge in [-0.15, -0.1) is 0 Å². The Morgan fingerprint density at radius 2 is 1.68 bits per heavy atom. The van der Waals surface area contributed by atoms with Gasteiger partial charge in [0.15, 0.2) is 15.9 Å². The van der Waals surface area contributed by atoms with Gasteiger partial charge in [-0.2, -0.15) is 0 Å². The van der Waals surface area contributed by atoms with Crippen LogP contribution in [0.25, 0.3) is 11.1 Å². The van der Waals surface area contributed by atoms with Gasteiger partial charge in [-0.3, -0.25) is 10.2 Å². The van der Waals surface area contributed by atoms with E-state index in [1.54, 1.807) is 79.7 Å². The second kappa shape index (κ2) is 11.0. The molecule has 0 heterocycles. The van der Waals surface area contributed by atoms with Crippen molar-refractivity contribution < 1.29 is 17.9 Å². The van der Waals surface area contributed by atoms with Gasteiger partial charge in [0, 0.05) is 22.4 Å². The minimum atomic E-state index is -3.46. The monoisotopic (exact) mass is 479 g/mol. The van der Waals surface area contributed by atoms with Crippen LogP contribution in [0.3, 0.4) is 0 Å². The summed E-state index contributed by atoms with van der Waals surface area (Å²) in [5, 5.41) is 10.5. The molecule has 0 aliphatic rings. The Labute approximate surface area is 200 Å². The van der Waals surface area contributed by atoms with Crippen LogP contribution in [0.4, 0.5) is 5.69 Å². The van der Waals surface area contributed by atoms with Gasteiger partial charge in [-0.05, 0) is 30.7 Å². The Balaban J connectivity index is 1.92. The summed E-state index contributed by atoms with van der Waals surface area (Å²) in [6, 6.07) is 20.6. The van der Waals surface area contributed by atoms with E-state index in [4.69, 9.17) is 15.9 Å². The predicted molar refractivity (Wildman–Crippen MR) is 135 cm³/mol. The van der Waals surface area contributed by atoms with Crippen molar-refractivity contribution in [2.45, 2.75) is 37.7 Å². The topological polar surface area (TPSA) is 122 Å². The van der Waals surface area contributed by atoms with Crippen LogP contribution in [-0.4, -0.2) is 32.0 Å². The number of rotatable bonds is 10. The molecule has 34 heavy (non-hydrogen) atoms. The van der Waals surface area contributed by atoms with Crippen molar-refractivity contribution >= 4 is 27.3 Å². The van der Waals surface area contributed by atoms with Crippen molar-refractivity contribution in [2.75, 3.05) is 11.1 Å². The first-order chi connectivity index (χ1) is 16.3. The smallest absolute Gasteiger partial charge is 0.265 e. The lowest BCUT2D eigenvalue weighted by Gasteiger charge is -2.20. The molecule has 0 saturated heterocycles. The minimum absolute atomic E-state index is 0.0235. The molecule has 4 N–H and O–H groups in total. The van der Waals surface area contributed by atoms with Gasteiger partial charge >= 0.3 is 0 Å². The van der Waals surface area contributed by atoms with E-state index in [1.165, 1.54) is 0 Å². The van der Waals surface area contributed by atoms with Crippen molar-refractivity contribution in [3.63, 3.8) is 0 Å². The maximum atomic E-state index is 13.2. The number of nitrogen functional groups attached to an aromatic ring is 1. The van der Waals surface area contributed by atoms with Gasteiger partial charge in [-0.25, -0.2) is 8.42 Å². The number of benzene rings is 3. The van der Waals surface area contributed by atoms with Crippen LogP contribution in [-0.2, 0) is 14.6 Å². The number of amidine groups is 1. The van der Waals surface area contributed by atoms with E-state index in [-0.39, 0.29) is 22.4 Å². The Morgan fingerprint density at radius 1 is 1.00 bits per heavy atom. The number of carbonyl (C=O) groups excluding carboxylic acids is 1. The third kappa shape index (κ3) is 5.82. The van der Waals surface area contributed by atoms with Crippen molar-refractivity contribution in [3.8, 4) is 16.9 Å². The Bertz CT molecular complexity index is 1290. The molecule has 0 spiro atoms. The van der Waals surface area contributed by atoms with Crippen molar-refractivity contribution in [1.29, 1.82) is 5.41 Å². The number of nitrogens with one attached hydrogen (secondary N) is 2. The quantitative estimate of drug-likeness (QED) is 0.289. The third-order valence-electron chi connectivity index (χ3n) is 5.34. The van der Waals surface area contributed by atoms with E-state index < -0.39 is 15.9 Å². The molecule has 7 nitrogen and oxygen atoms in total. The number of sulfone groups is 1. The number of anilines is 1. The zero-order chi connectivity index (χ0) is 24.7. The molecule has 0 aliphatic carbocycles. The lowest BCUT2D eigenvalue weighted by Crippen LogP contribution is -2.33. The van der Waals surface area contributed by atoms with Crippen LogP contribution in [0.5, 0.6) is 5.75 Å². The van der Waals surface area contributed by atoms with Crippen LogP contribution in [0, 0.1) is 5.41 Å². The highest BCUT2D eigenvalue weighted by Crippen LogP contribution is 2.33. The molecule has 0 radical (unpaired) electrons. The van der Waals surface area contributed by atoms with Crippen molar-refractivity contribution in [1.82, 2.24) is 0 Å². The normalized spacial score (nSPS) is 12.1. The summed E-state index contributed by atoms with van der Waals surface area (Å²) in [4.78, 5) is 13.4. The molecule has 1 atom stereocenters. The highest BCUT2D eigenvalue weighted by Gasteiger charge is 2.23. The van der Waals surface area contributed by atoms with Gasteiger partial charge in [-0.1, -0.05) is 68.8 Å². The second-order valence-electron chi connectivity index (χ2n) is 7.77. The van der Waals surface area contributed by atoms with Crippen LogP contribution in [0.2, 0.25) is 0 Å². The van der Waals surface area contributed by atoms with Gasteiger partial charge in [0.25, 0.3) is 5.91 Å². The average molecular weight is 480 g/mol. The summed E-state index contributed by atoms with van der Waals surface area (Å²) in [5.74, 6) is -0.0199. The van der Waals surface area contributed by atoms with Crippen molar-refractivity contribution in [3.05, 3.63) is 78.4 Å². The molecule has 0 bridgehead atoms. The minimum Gasteiger partial charge on any atom is -0.481 e. The molecule has 8 heteroatoms. The number of hydrogen-bond donors (Lipinski definition) is 3. The molecule has 0 saturated carbocycles. The van der Waals surface area contributed by atoms with Gasteiger partial charge < -0.3 is 15.8 Å². The summed E-state index contributed by atoms with van der Waals surface area (Å²) in [5.41, 5.74) is 7.70. The number of nitrogens with two attached hydrogens (primary N) is 1. The molecule has 1 amide bonds. The van der Waals surface area contributed by atoms with E-state index in [2.05, 4.69) is 5.32 Å². The zero-order valence-electron chi connectivity index (χ0n) is 19.2. The van der Waals surface area contributed by atoms with E-state index >= 15 is 0 Å². The van der Waals surface area contributed by atoms with Crippen LogP contribution < -0.4 is 15.8 Å². The number of carbonyl (C=O) groups is 1. The second-order valence-corrected chi connectivity index (χ2v) is 10.0. The fourth-order valence-corrected chi connectivity index (χ4v) is 4.67. The first-order valence-electron chi connectivity index (χ1n) is 11.1. The summed E-state index contributed by atoms with van der Waals surface area (Å²) < 4.78 is 31.3. The number of amides is 1. The predicted octanol–water partition coefficient (Wildman–Crippen LogP) is 4.62. The number of para-hydroxylation sites is 1. The standard InChI is InChI=1S/C26H29N3O4S/c1-3-10-23(33-19-12-9-11-18(17-19)25(27)28)26(30)29-22-15-7-5-13-20(22)21-14-6-8-16-24(21)34(31,32)4-2/h5-9,11-17,23H,3-4,10H2,1-2H3,(H3,27,28)(H,29,30). The van der Waals surface area contributed by atoms with Crippen LogP contribution in [0.15, 0.2) is 77.7 Å². The van der Waals surface area contributed by atoms with Gasteiger partial charge in [0.1, 0.15) is 11.6 Å². The van der Waals surface area contributed by atoms with E-state index in [1.807, 2.05) is 6.92 Å². The summed E-state index contributed by atoms with van der Waals surface area (Å²) in [6.45, 7) is 3.56. The van der Waals surface area contributed by atoms with Gasteiger partial charge in [0.2, 0.25) is 0 Å². The molecule has 3 rings (SSSR count). The van der Waals surface area contributed by atoms with E-state index in [0.29, 0.717) is 41.0 Å². The fraction of sp³-hybridized carbons (Fsp3) is 0.231. The molecule has 0 aromatic heterocycles. The van der Waals surface area contributed by atoms with Crippen LogP contribution in [0.1, 0.15) is 32.3 Å². The average Bonchev–Trinajstić information content (AvgIpc) is 2.84. The Hall–Kier alpha value is -3.65.